The van der Waals surface area contributed by atoms with Crippen molar-refractivity contribution < 1.29 is 0 Å². The van der Waals surface area contributed by atoms with Crippen LogP contribution in [-0.2, 0) is 0 Å². The van der Waals surface area contributed by atoms with Crippen LogP contribution in [0.25, 0.3) is 94.9 Å². The smallest absolute Gasteiger partial charge is 0.164 e. The van der Waals surface area contributed by atoms with Crippen molar-refractivity contribution in [2.24, 2.45) is 0 Å². The van der Waals surface area contributed by atoms with Crippen molar-refractivity contribution in [1.29, 1.82) is 0 Å². The zero-order valence-electron chi connectivity index (χ0n) is 28.5. The molecule has 0 amide bonds. The Hall–Kier alpha value is -7.31. The molecule has 0 spiro atoms. The average Bonchev–Trinajstić information content (AvgIpc) is 3.66. The number of fused-ring (bicyclic) bond motifs is 6. The van der Waals surface area contributed by atoms with Crippen LogP contribution >= 0.6 is 0 Å². The van der Waals surface area contributed by atoms with Gasteiger partial charge < -0.3 is 0 Å². The molecule has 0 fully saturated rings. The highest BCUT2D eigenvalue weighted by Crippen LogP contribution is 2.39. The highest BCUT2D eigenvalue weighted by atomic mass is 15.1. The third-order valence-corrected chi connectivity index (χ3v) is 9.76. The zero-order valence-corrected chi connectivity index (χ0v) is 28.5. The lowest BCUT2D eigenvalue weighted by atomic mass is 10.0. The second-order valence-electron chi connectivity index (χ2n) is 13.0. The van der Waals surface area contributed by atoms with Crippen LogP contribution < -0.4 is 0 Å². The fraction of sp³-hybridized carbons (Fsp3) is 0. The van der Waals surface area contributed by atoms with Crippen LogP contribution in [-0.4, -0.2) is 29.5 Å². The van der Waals surface area contributed by atoms with Gasteiger partial charge in [-0.1, -0.05) is 152 Å². The minimum absolute atomic E-state index is 0.634. The molecule has 0 bridgehead atoms. The Bertz CT molecular complexity index is 2850. The molecule has 0 aliphatic rings. The van der Waals surface area contributed by atoms with Gasteiger partial charge in [0, 0.05) is 51.1 Å². The van der Waals surface area contributed by atoms with E-state index < -0.39 is 0 Å². The summed E-state index contributed by atoms with van der Waals surface area (Å²) in [6.45, 7) is 0. The summed E-state index contributed by atoms with van der Waals surface area (Å²) in [5, 5.41) is 4.52. The molecule has 0 atom stereocenters. The quantitative estimate of drug-likeness (QED) is 0.164. The highest BCUT2D eigenvalue weighted by molar-refractivity contribution is 6.24. The van der Waals surface area contributed by atoms with Crippen molar-refractivity contribution in [3.05, 3.63) is 182 Å². The van der Waals surface area contributed by atoms with E-state index in [1.165, 1.54) is 5.39 Å². The van der Waals surface area contributed by atoms with Crippen molar-refractivity contribution in [2.45, 2.75) is 0 Å². The van der Waals surface area contributed by atoms with Crippen molar-refractivity contribution in [2.75, 3.05) is 0 Å². The molecule has 53 heavy (non-hydrogen) atoms. The van der Waals surface area contributed by atoms with Gasteiger partial charge in [-0.05, 0) is 40.1 Å². The van der Waals surface area contributed by atoms with Crippen LogP contribution in [0.1, 0.15) is 0 Å². The number of rotatable bonds is 6. The molecule has 0 saturated heterocycles. The van der Waals surface area contributed by atoms with Crippen LogP contribution in [0, 0.1) is 0 Å². The molecule has 6 nitrogen and oxygen atoms in total. The van der Waals surface area contributed by atoms with Crippen LogP contribution in [0.3, 0.4) is 0 Å². The largest absolute Gasteiger partial charge is 0.292 e. The zero-order chi connectivity index (χ0) is 35.1. The first-order valence-electron chi connectivity index (χ1n) is 17.6. The standard InChI is InChI=1S/C47H30N6/c1-4-12-33(13-5-1)44-50-45(34-14-6-2-7-15-34)52-46(51-44)35-22-20-31(21-23-35)32-24-26-37(27-25-32)53-43-40-19-11-10-18-38(40)39-28-29-48-30-41(39)42(43)49-47(53)36-16-8-3-9-17-36/h1-30H. The number of aromatic nitrogens is 6. The first-order chi connectivity index (χ1) is 26.3. The van der Waals surface area contributed by atoms with E-state index in [2.05, 4.69) is 113 Å². The first-order valence-corrected chi connectivity index (χ1v) is 17.6. The summed E-state index contributed by atoms with van der Waals surface area (Å²) in [6, 6.07) is 58.3. The summed E-state index contributed by atoms with van der Waals surface area (Å²) in [5.41, 5.74) is 9.12. The molecule has 3 aromatic heterocycles. The minimum atomic E-state index is 0.634. The number of hydrogen-bond acceptors (Lipinski definition) is 5. The summed E-state index contributed by atoms with van der Waals surface area (Å²) >= 11 is 0. The Morgan fingerprint density at radius 1 is 0.340 bits per heavy atom. The van der Waals surface area contributed by atoms with E-state index in [9.17, 15) is 0 Å². The van der Waals surface area contributed by atoms with Crippen molar-refractivity contribution in [1.82, 2.24) is 29.5 Å². The van der Waals surface area contributed by atoms with Crippen LogP contribution in [0.4, 0.5) is 0 Å². The molecule has 3 heterocycles. The predicted octanol–water partition coefficient (Wildman–Crippen LogP) is 11.2. The molecule has 0 N–H and O–H groups in total. The van der Waals surface area contributed by atoms with E-state index in [1.54, 1.807) is 0 Å². The van der Waals surface area contributed by atoms with Gasteiger partial charge >= 0.3 is 0 Å². The average molecular weight is 679 g/mol. The second-order valence-corrected chi connectivity index (χ2v) is 13.0. The maximum Gasteiger partial charge on any atom is 0.164 e. The fourth-order valence-corrected chi connectivity index (χ4v) is 7.18. The molecule has 10 aromatic rings. The Morgan fingerprint density at radius 3 is 1.38 bits per heavy atom. The maximum atomic E-state index is 5.31. The topological polar surface area (TPSA) is 69.4 Å². The van der Waals surface area contributed by atoms with Gasteiger partial charge in [-0.15, -0.1) is 0 Å². The molecule has 10 rings (SSSR count). The van der Waals surface area contributed by atoms with E-state index in [0.717, 1.165) is 72.1 Å². The first kappa shape index (κ1) is 30.5. The van der Waals surface area contributed by atoms with E-state index in [4.69, 9.17) is 19.9 Å². The molecule has 7 aromatic carbocycles. The van der Waals surface area contributed by atoms with Crippen molar-refractivity contribution in [3.63, 3.8) is 0 Å². The van der Waals surface area contributed by atoms with Gasteiger partial charge in [-0.3, -0.25) is 9.55 Å². The van der Waals surface area contributed by atoms with Gasteiger partial charge in [-0.2, -0.15) is 0 Å². The lowest BCUT2D eigenvalue weighted by Gasteiger charge is -2.13. The summed E-state index contributed by atoms with van der Waals surface area (Å²) in [5.74, 6) is 2.82. The fourth-order valence-electron chi connectivity index (χ4n) is 7.18. The number of benzene rings is 7. The summed E-state index contributed by atoms with van der Waals surface area (Å²) < 4.78 is 2.29. The van der Waals surface area contributed by atoms with Gasteiger partial charge in [0.1, 0.15) is 5.82 Å². The molecule has 248 valence electrons. The lowest BCUT2D eigenvalue weighted by Crippen LogP contribution is -2.00. The minimum Gasteiger partial charge on any atom is -0.292 e. The molecule has 0 radical (unpaired) electrons. The van der Waals surface area contributed by atoms with E-state index in [-0.39, 0.29) is 0 Å². The second kappa shape index (κ2) is 12.8. The molecule has 0 saturated carbocycles. The number of imidazole rings is 1. The molecular formula is C47H30N6. The van der Waals surface area contributed by atoms with Crippen molar-refractivity contribution >= 4 is 32.6 Å². The van der Waals surface area contributed by atoms with Gasteiger partial charge in [-0.25, -0.2) is 19.9 Å². The number of hydrogen-bond donors (Lipinski definition) is 0. The summed E-state index contributed by atoms with van der Waals surface area (Å²) in [7, 11) is 0. The van der Waals surface area contributed by atoms with Crippen molar-refractivity contribution in [3.8, 4) is 62.4 Å². The Labute approximate surface area is 305 Å². The normalized spacial score (nSPS) is 11.4. The SMILES string of the molecule is c1ccc(-c2nc(-c3ccccc3)nc(-c3ccc(-c4ccc(-n5c(-c6ccccc6)nc6c7cnccc7c7ccccc7c65)cc4)cc3)n2)cc1. The maximum absolute atomic E-state index is 5.31. The third-order valence-electron chi connectivity index (χ3n) is 9.76. The molecule has 6 heteroatoms. The van der Waals surface area contributed by atoms with E-state index in [0.29, 0.717) is 17.5 Å². The third kappa shape index (κ3) is 5.41. The number of nitrogens with zero attached hydrogens (tertiary/aromatic N) is 6. The van der Waals surface area contributed by atoms with E-state index >= 15 is 0 Å². The Balaban J connectivity index is 1.06. The van der Waals surface area contributed by atoms with Gasteiger partial charge in [0.25, 0.3) is 0 Å². The van der Waals surface area contributed by atoms with Gasteiger partial charge in [0.05, 0.1) is 11.0 Å². The monoisotopic (exact) mass is 678 g/mol. The lowest BCUT2D eigenvalue weighted by molar-refractivity contribution is 1.07. The molecule has 0 unspecified atom stereocenters. The predicted molar refractivity (Wildman–Crippen MR) is 214 cm³/mol. The highest BCUT2D eigenvalue weighted by Gasteiger charge is 2.20. The summed E-state index contributed by atoms with van der Waals surface area (Å²) in [6.07, 6.45) is 3.79. The molecule has 0 aliphatic heterocycles. The van der Waals surface area contributed by atoms with E-state index in [1.807, 2.05) is 79.1 Å². The molecule has 0 aliphatic carbocycles. The van der Waals surface area contributed by atoms with Crippen LogP contribution in [0.2, 0.25) is 0 Å². The number of pyridine rings is 1. The summed E-state index contributed by atoms with van der Waals surface area (Å²) in [4.78, 5) is 24.5. The molecular weight excluding hydrogens is 649 g/mol. The van der Waals surface area contributed by atoms with Gasteiger partial charge in [0.2, 0.25) is 0 Å². The Kier molecular flexibility index (Phi) is 7.36. The van der Waals surface area contributed by atoms with Gasteiger partial charge in [0.15, 0.2) is 17.5 Å². The Morgan fingerprint density at radius 2 is 0.792 bits per heavy atom. The van der Waals surface area contributed by atoms with Crippen LogP contribution in [0.15, 0.2) is 182 Å². The van der Waals surface area contributed by atoms with Crippen LogP contribution in [0.5, 0.6) is 0 Å².